The molecule has 2 N–H and O–H groups in total. The first-order chi connectivity index (χ1) is 14.3. The molecule has 0 aliphatic carbocycles. The van der Waals surface area contributed by atoms with Crippen LogP contribution in [0, 0.1) is 6.92 Å². The zero-order valence-corrected chi connectivity index (χ0v) is 15.5. The number of anilines is 1. The highest BCUT2D eigenvalue weighted by Crippen LogP contribution is 2.37. The number of hydrogen-bond acceptors (Lipinski definition) is 5. The van der Waals surface area contributed by atoms with Gasteiger partial charge in [-0.05, 0) is 25.1 Å². The summed E-state index contributed by atoms with van der Waals surface area (Å²) in [6.45, 7) is 1.54. The summed E-state index contributed by atoms with van der Waals surface area (Å²) in [6, 6.07) is 9.12. The van der Waals surface area contributed by atoms with Gasteiger partial charge in [-0.3, -0.25) is 9.78 Å². The lowest BCUT2D eigenvalue weighted by Crippen LogP contribution is -2.17. The Balaban J connectivity index is 1.87. The van der Waals surface area contributed by atoms with Gasteiger partial charge in [-0.2, -0.15) is 18.3 Å². The molecule has 1 aromatic carbocycles. The van der Waals surface area contributed by atoms with Gasteiger partial charge >= 0.3 is 6.18 Å². The lowest BCUT2D eigenvalue weighted by atomic mass is 10.0. The van der Waals surface area contributed by atoms with Gasteiger partial charge in [0.1, 0.15) is 0 Å². The van der Waals surface area contributed by atoms with Gasteiger partial charge in [0.15, 0.2) is 17.1 Å². The lowest BCUT2D eigenvalue weighted by molar-refractivity contribution is -0.137. The standard InChI is InChI=1S/C20H14F3N5O2/c1-11-17(19(30)26-12-6-8-24-9-7-12)28-18(25-11)16(29)10-15(27-28)13-4-2-3-5-14(13)20(21,22)23/h2-10,29H,1H3,(H,24,26,30). The van der Waals surface area contributed by atoms with E-state index in [0.717, 1.165) is 16.6 Å². The number of hydrogen-bond donors (Lipinski definition) is 2. The molecule has 0 saturated heterocycles. The van der Waals surface area contributed by atoms with Gasteiger partial charge < -0.3 is 10.4 Å². The van der Waals surface area contributed by atoms with Crippen LogP contribution in [-0.4, -0.2) is 30.6 Å². The van der Waals surface area contributed by atoms with E-state index in [-0.39, 0.29) is 28.3 Å². The number of imidazole rings is 1. The predicted molar refractivity (Wildman–Crippen MR) is 102 cm³/mol. The average molecular weight is 413 g/mol. The van der Waals surface area contributed by atoms with Crippen LogP contribution in [0.4, 0.5) is 18.9 Å². The summed E-state index contributed by atoms with van der Waals surface area (Å²) in [4.78, 5) is 20.8. The van der Waals surface area contributed by atoms with Gasteiger partial charge in [0, 0.05) is 29.7 Å². The number of halogens is 3. The fraction of sp³-hybridized carbons (Fsp3) is 0.100. The number of aromatic hydroxyl groups is 1. The molecule has 1 amide bonds. The zero-order valence-electron chi connectivity index (χ0n) is 15.5. The monoisotopic (exact) mass is 413 g/mol. The molecule has 0 fully saturated rings. The van der Waals surface area contributed by atoms with Crippen molar-refractivity contribution in [1.82, 2.24) is 19.6 Å². The second-order valence-electron chi connectivity index (χ2n) is 6.43. The van der Waals surface area contributed by atoms with Gasteiger partial charge in [-0.1, -0.05) is 18.2 Å². The molecule has 3 aromatic heterocycles. The largest absolute Gasteiger partial charge is 0.504 e. The maximum atomic E-state index is 13.4. The SMILES string of the molecule is Cc1nc2c(O)cc(-c3ccccc3C(F)(F)F)nn2c1C(=O)Nc1ccncc1. The van der Waals surface area contributed by atoms with Gasteiger partial charge in [-0.15, -0.1) is 0 Å². The highest BCUT2D eigenvalue weighted by atomic mass is 19.4. The average Bonchev–Trinajstić information content (AvgIpc) is 3.04. The van der Waals surface area contributed by atoms with Crippen molar-refractivity contribution in [3.63, 3.8) is 0 Å². The van der Waals surface area contributed by atoms with Crippen LogP contribution >= 0.6 is 0 Å². The van der Waals surface area contributed by atoms with E-state index in [1.807, 2.05) is 0 Å². The summed E-state index contributed by atoms with van der Waals surface area (Å²) in [5, 5.41) is 17.2. The second kappa shape index (κ2) is 7.14. The lowest BCUT2D eigenvalue weighted by Gasteiger charge is -2.13. The van der Waals surface area contributed by atoms with Gasteiger partial charge in [-0.25, -0.2) is 9.50 Å². The number of nitrogens with zero attached hydrogens (tertiary/aromatic N) is 4. The summed E-state index contributed by atoms with van der Waals surface area (Å²) >= 11 is 0. The van der Waals surface area contributed by atoms with Crippen LogP contribution in [-0.2, 0) is 6.18 Å². The van der Waals surface area contributed by atoms with Gasteiger partial charge in [0.25, 0.3) is 5.91 Å². The normalized spacial score (nSPS) is 11.6. The first kappa shape index (κ1) is 19.4. The Morgan fingerprint density at radius 2 is 1.83 bits per heavy atom. The number of amides is 1. The molecular weight excluding hydrogens is 399 g/mol. The number of carbonyl (C=O) groups is 1. The Morgan fingerprint density at radius 1 is 1.13 bits per heavy atom. The number of aryl methyl sites for hydroxylation is 1. The Morgan fingerprint density at radius 3 is 2.53 bits per heavy atom. The minimum atomic E-state index is -4.62. The van der Waals surface area contributed by atoms with Crippen LogP contribution < -0.4 is 5.32 Å². The van der Waals surface area contributed by atoms with Crippen LogP contribution in [0.1, 0.15) is 21.7 Å². The van der Waals surface area contributed by atoms with Crippen LogP contribution in [0.3, 0.4) is 0 Å². The highest BCUT2D eigenvalue weighted by Gasteiger charge is 2.34. The molecule has 0 radical (unpaired) electrons. The van der Waals surface area contributed by atoms with Crippen LogP contribution in [0.2, 0.25) is 0 Å². The number of benzene rings is 1. The summed E-state index contributed by atoms with van der Waals surface area (Å²) in [5.41, 5.74) is -0.616. The van der Waals surface area contributed by atoms with Crippen LogP contribution in [0.25, 0.3) is 16.9 Å². The molecular formula is C20H14F3N5O2. The first-order valence-electron chi connectivity index (χ1n) is 8.73. The summed E-state index contributed by atoms with van der Waals surface area (Å²) in [5.74, 6) is -0.984. The van der Waals surface area contributed by atoms with Crippen molar-refractivity contribution in [2.45, 2.75) is 13.1 Å². The molecule has 0 atom stereocenters. The van der Waals surface area contributed by atoms with E-state index in [1.54, 1.807) is 19.1 Å². The topological polar surface area (TPSA) is 92.4 Å². The predicted octanol–water partition coefficient (Wildman–Crippen LogP) is 4.08. The van der Waals surface area contributed by atoms with E-state index in [0.29, 0.717) is 5.69 Å². The number of pyridine rings is 1. The molecule has 0 saturated carbocycles. The molecule has 7 nitrogen and oxygen atoms in total. The molecule has 0 aliphatic heterocycles. The molecule has 3 heterocycles. The Bertz CT molecular complexity index is 1250. The van der Waals surface area contributed by atoms with Crippen molar-refractivity contribution in [1.29, 1.82) is 0 Å². The molecule has 0 aliphatic rings. The number of carbonyl (C=O) groups excluding carboxylic acids is 1. The molecule has 10 heteroatoms. The van der Waals surface area contributed by atoms with Crippen LogP contribution in [0.5, 0.6) is 5.75 Å². The van der Waals surface area contributed by atoms with E-state index in [4.69, 9.17) is 0 Å². The Labute approximate surface area is 167 Å². The van der Waals surface area contributed by atoms with Crippen molar-refractivity contribution in [2.75, 3.05) is 5.32 Å². The van der Waals surface area contributed by atoms with Crippen molar-refractivity contribution in [2.24, 2.45) is 0 Å². The maximum Gasteiger partial charge on any atom is 0.417 e. The Kier molecular flexibility index (Phi) is 4.61. The number of aromatic nitrogens is 4. The summed E-state index contributed by atoms with van der Waals surface area (Å²) in [6.07, 6.45) is -1.63. The fourth-order valence-corrected chi connectivity index (χ4v) is 3.08. The molecule has 30 heavy (non-hydrogen) atoms. The third kappa shape index (κ3) is 3.43. The number of fused-ring (bicyclic) bond motifs is 1. The van der Waals surface area contributed by atoms with E-state index in [2.05, 4.69) is 20.4 Å². The fourth-order valence-electron chi connectivity index (χ4n) is 3.08. The van der Waals surface area contributed by atoms with E-state index in [1.165, 1.54) is 30.6 Å². The highest BCUT2D eigenvalue weighted by molar-refractivity contribution is 6.04. The van der Waals surface area contributed by atoms with Crippen LogP contribution in [0.15, 0.2) is 54.9 Å². The minimum absolute atomic E-state index is 0.0107. The zero-order chi connectivity index (χ0) is 21.5. The molecule has 0 spiro atoms. The quantitative estimate of drug-likeness (QED) is 0.528. The summed E-state index contributed by atoms with van der Waals surface area (Å²) in [7, 11) is 0. The van der Waals surface area contributed by atoms with Gasteiger partial charge in [0.05, 0.1) is 17.0 Å². The van der Waals surface area contributed by atoms with Gasteiger partial charge in [0.2, 0.25) is 0 Å². The minimum Gasteiger partial charge on any atom is -0.504 e. The molecule has 152 valence electrons. The van der Waals surface area contributed by atoms with E-state index >= 15 is 0 Å². The third-order valence-electron chi connectivity index (χ3n) is 4.40. The molecule has 0 unspecified atom stereocenters. The van der Waals surface area contributed by atoms with Crippen molar-refractivity contribution >= 4 is 17.2 Å². The Hall–Kier alpha value is -3.95. The number of alkyl halides is 3. The van der Waals surface area contributed by atoms with Crippen molar-refractivity contribution in [3.05, 3.63) is 71.8 Å². The van der Waals surface area contributed by atoms with Crippen molar-refractivity contribution in [3.8, 4) is 17.0 Å². The summed E-state index contributed by atoms with van der Waals surface area (Å²) < 4.78 is 41.3. The number of rotatable bonds is 3. The second-order valence-corrected chi connectivity index (χ2v) is 6.43. The number of nitrogens with one attached hydrogen (secondary N) is 1. The molecule has 4 aromatic rings. The third-order valence-corrected chi connectivity index (χ3v) is 4.40. The smallest absolute Gasteiger partial charge is 0.417 e. The molecule has 0 bridgehead atoms. The molecule has 4 rings (SSSR count). The first-order valence-corrected chi connectivity index (χ1v) is 8.73. The van der Waals surface area contributed by atoms with Crippen molar-refractivity contribution < 1.29 is 23.1 Å². The van der Waals surface area contributed by atoms with E-state index < -0.39 is 23.4 Å². The van der Waals surface area contributed by atoms with E-state index in [9.17, 15) is 23.1 Å². The maximum absolute atomic E-state index is 13.4.